The molecule has 0 aliphatic carbocycles. The van der Waals surface area contributed by atoms with E-state index in [9.17, 15) is 9.59 Å². The summed E-state index contributed by atoms with van der Waals surface area (Å²) >= 11 is 0. The molecule has 2 amide bonds. The highest BCUT2D eigenvalue weighted by molar-refractivity contribution is 5.98. The Morgan fingerprint density at radius 3 is 2.70 bits per heavy atom. The highest BCUT2D eigenvalue weighted by atomic mass is 16.5. The summed E-state index contributed by atoms with van der Waals surface area (Å²) < 4.78 is 5.69. The van der Waals surface area contributed by atoms with Gasteiger partial charge in [-0.15, -0.1) is 0 Å². The van der Waals surface area contributed by atoms with Gasteiger partial charge in [0.15, 0.2) is 0 Å². The number of piperidine rings is 1. The van der Waals surface area contributed by atoms with E-state index in [0.717, 1.165) is 32.3 Å². The fraction of sp³-hybridized carbons (Fsp3) is 0.429. The van der Waals surface area contributed by atoms with Crippen molar-refractivity contribution in [1.29, 1.82) is 0 Å². The first kappa shape index (κ1) is 14.2. The molecule has 1 aromatic rings. The summed E-state index contributed by atoms with van der Waals surface area (Å²) in [5.74, 6) is 0.443. The van der Waals surface area contributed by atoms with Gasteiger partial charge in [-0.1, -0.05) is 0 Å². The number of anilines is 1. The minimum Gasteiger partial charge on any atom is -0.493 e. The number of amides is 2. The number of nitrogens with two attached hydrogens (primary N) is 2. The zero-order chi connectivity index (χ0) is 14.5. The normalized spacial score (nSPS) is 15.9. The molecule has 0 unspecified atom stereocenters. The molecule has 108 valence electrons. The fourth-order valence-electron chi connectivity index (χ4n) is 2.28. The smallest absolute Gasteiger partial charge is 0.250 e. The number of hydrogen-bond acceptors (Lipinski definition) is 4. The molecule has 1 saturated heterocycles. The van der Waals surface area contributed by atoms with Crippen molar-refractivity contribution in [2.45, 2.75) is 12.8 Å². The van der Waals surface area contributed by atoms with Crippen molar-refractivity contribution in [1.82, 2.24) is 4.90 Å². The van der Waals surface area contributed by atoms with Crippen LogP contribution in [0, 0.1) is 5.92 Å². The predicted molar refractivity (Wildman–Crippen MR) is 75.2 cm³/mol. The van der Waals surface area contributed by atoms with E-state index in [4.69, 9.17) is 16.2 Å². The molecule has 1 fully saturated rings. The molecule has 0 bridgehead atoms. The second-order valence-electron chi connectivity index (χ2n) is 5.01. The second kappa shape index (κ2) is 6.27. The molecule has 0 atom stereocenters. The minimum absolute atomic E-state index is 0.276. The van der Waals surface area contributed by atoms with Crippen molar-refractivity contribution in [3.8, 4) is 5.75 Å². The highest BCUT2D eigenvalue weighted by Crippen LogP contribution is 2.22. The predicted octanol–water partition coefficient (Wildman–Crippen LogP) is 0.615. The lowest BCUT2D eigenvalue weighted by molar-refractivity contribution is -0.119. The Balaban J connectivity index is 1.90. The van der Waals surface area contributed by atoms with Gasteiger partial charge in [0.2, 0.25) is 6.41 Å². The Bertz CT molecular complexity index is 496. The number of rotatable bonds is 5. The number of carbonyl (C=O) groups is 2. The van der Waals surface area contributed by atoms with Gasteiger partial charge in [0.25, 0.3) is 5.91 Å². The third kappa shape index (κ3) is 3.40. The molecule has 2 rings (SSSR count). The van der Waals surface area contributed by atoms with Gasteiger partial charge >= 0.3 is 0 Å². The van der Waals surface area contributed by atoms with Gasteiger partial charge < -0.3 is 21.1 Å². The lowest BCUT2D eigenvalue weighted by Crippen LogP contribution is -2.34. The van der Waals surface area contributed by atoms with Crippen molar-refractivity contribution in [2.24, 2.45) is 11.7 Å². The topological polar surface area (TPSA) is 98.7 Å². The molecule has 0 radical (unpaired) electrons. The summed E-state index contributed by atoms with van der Waals surface area (Å²) in [5, 5.41) is 0. The Labute approximate surface area is 117 Å². The SMILES string of the molecule is NC(=O)c1cc(OCC2CCN(C=O)CC2)ccc1N. The van der Waals surface area contributed by atoms with Gasteiger partial charge in [-0.2, -0.15) is 0 Å². The van der Waals surface area contributed by atoms with Gasteiger partial charge in [-0.25, -0.2) is 0 Å². The summed E-state index contributed by atoms with van der Waals surface area (Å²) in [6.07, 6.45) is 2.74. The van der Waals surface area contributed by atoms with Crippen LogP contribution in [0.25, 0.3) is 0 Å². The maximum absolute atomic E-state index is 11.2. The van der Waals surface area contributed by atoms with Crippen LogP contribution in [0.5, 0.6) is 5.75 Å². The zero-order valence-corrected chi connectivity index (χ0v) is 11.2. The number of carbonyl (C=O) groups excluding carboxylic acids is 2. The first-order valence-electron chi connectivity index (χ1n) is 6.61. The van der Waals surface area contributed by atoms with Crippen LogP contribution in [0.4, 0.5) is 5.69 Å². The van der Waals surface area contributed by atoms with E-state index in [1.165, 1.54) is 0 Å². The Morgan fingerprint density at radius 2 is 2.10 bits per heavy atom. The summed E-state index contributed by atoms with van der Waals surface area (Å²) in [5.41, 5.74) is 11.5. The van der Waals surface area contributed by atoms with Gasteiger partial charge in [-0.3, -0.25) is 9.59 Å². The van der Waals surface area contributed by atoms with E-state index in [0.29, 0.717) is 24.0 Å². The van der Waals surface area contributed by atoms with Crippen LogP contribution in [0.2, 0.25) is 0 Å². The largest absolute Gasteiger partial charge is 0.493 e. The molecule has 1 aliphatic heterocycles. The lowest BCUT2D eigenvalue weighted by Gasteiger charge is -2.29. The molecule has 6 nitrogen and oxygen atoms in total. The number of nitrogen functional groups attached to an aromatic ring is 1. The molecule has 4 N–H and O–H groups in total. The third-order valence-corrected chi connectivity index (χ3v) is 3.57. The van der Waals surface area contributed by atoms with Crippen LogP contribution in [0.15, 0.2) is 18.2 Å². The van der Waals surface area contributed by atoms with E-state index >= 15 is 0 Å². The van der Waals surface area contributed by atoms with Gasteiger partial charge in [0.1, 0.15) is 5.75 Å². The Kier molecular flexibility index (Phi) is 4.45. The number of primary amides is 1. The minimum atomic E-state index is -0.563. The maximum atomic E-state index is 11.2. The van der Waals surface area contributed by atoms with E-state index in [1.54, 1.807) is 23.1 Å². The first-order chi connectivity index (χ1) is 9.60. The third-order valence-electron chi connectivity index (χ3n) is 3.57. The maximum Gasteiger partial charge on any atom is 0.250 e. The summed E-state index contributed by atoms with van der Waals surface area (Å²) in [6, 6.07) is 4.91. The van der Waals surface area contributed by atoms with Crippen molar-refractivity contribution in [3.63, 3.8) is 0 Å². The fourth-order valence-corrected chi connectivity index (χ4v) is 2.28. The standard InChI is InChI=1S/C14H19N3O3/c15-13-2-1-11(7-12(13)14(16)19)20-8-10-3-5-17(9-18)6-4-10/h1-2,7,9-10H,3-6,8,15H2,(H2,16,19). The van der Waals surface area contributed by atoms with Crippen LogP contribution < -0.4 is 16.2 Å². The number of nitrogens with zero attached hydrogens (tertiary/aromatic N) is 1. The monoisotopic (exact) mass is 277 g/mol. The Hall–Kier alpha value is -2.24. The number of ether oxygens (including phenoxy) is 1. The summed E-state index contributed by atoms with van der Waals surface area (Å²) in [6.45, 7) is 2.10. The molecule has 20 heavy (non-hydrogen) atoms. The summed E-state index contributed by atoms with van der Waals surface area (Å²) in [4.78, 5) is 23.6. The molecule has 1 aromatic carbocycles. The van der Waals surface area contributed by atoms with Crippen LogP contribution >= 0.6 is 0 Å². The zero-order valence-electron chi connectivity index (χ0n) is 11.2. The quantitative estimate of drug-likeness (QED) is 0.608. The molecule has 0 aromatic heterocycles. The Morgan fingerprint density at radius 1 is 1.40 bits per heavy atom. The molecule has 6 heteroatoms. The van der Waals surface area contributed by atoms with Crippen LogP contribution in [0.3, 0.4) is 0 Å². The molecular weight excluding hydrogens is 258 g/mol. The average Bonchev–Trinajstić information content (AvgIpc) is 2.46. The van der Waals surface area contributed by atoms with Crippen LogP contribution in [-0.2, 0) is 4.79 Å². The number of likely N-dealkylation sites (tertiary alicyclic amines) is 1. The van der Waals surface area contributed by atoms with Crippen molar-refractivity contribution < 1.29 is 14.3 Å². The molecular formula is C14H19N3O3. The van der Waals surface area contributed by atoms with E-state index in [-0.39, 0.29) is 5.56 Å². The van der Waals surface area contributed by atoms with E-state index in [2.05, 4.69) is 0 Å². The van der Waals surface area contributed by atoms with Crippen LogP contribution in [-0.4, -0.2) is 36.9 Å². The number of hydrogen-bond donors (Lipinski definition) is 2. The van der Waals surface area contributed by atoms with Gasteiger partial charge in [0.05, 0.1) is 12.2 Å². The van der Waals surface area contributed by atoms with Gasteiger partial charge in [-0.05, 0) is 37.0 Å². The van der Waals surface area contributed by atoms with E-state index < -0.39 is 5.91 Å². The average molecular weight is 277 g/mol. The first-order valence-corrected chi connectivity index (χ1v) is 6.61. The lowest BCUT2D eigenvalue weighted by atomic mass is 9.98. The summed E-state index contributed by atoms with van der Waals surface area (Å²) in [7, 11) is 0. The molecule has 0 saturated carbocycles. The van der Waals surface area contributed by atoms with E-state index in [1.807, 2.05) is 0 Å². The van der Waals surface area contributed by atoms with Crippen molar-refractivity contribution >= 4 is 18.0 Å². The molecule has 1 heterocycles. The molecule has 0 spiro atoms. The van der Waals surface area contributed by atoms with Crippen molar-refractivity contribution in [3.05, 3.63) is 23.8 Å². The van der Waals surface area contributed by atoms with Crippen LogP contribution in [0.1, 0.15) is 23.2 Å². The number of benzene rings is 1. The molecule has 1 aliphatic rings. The highest BCUT2D eigenvalue weighted by Gasteiger charge is 2.18. The second-order valence-corrected chi connectivity index (χ2v) is 5.01. The van der Waals surface area contributed by atoms with Gasteiger partial charge in [0, 0.05) is 18.8 Å². The van der Waals surface area contributed by atoms with Crippen molar-refractivity contribution in [2.75, 3.05) is 25.4 Å².